The monoisotopic (exact) mass is 447 g/mol. The highest BCUT2D eigenvalue weighted by atomic mass is 19.4. The Morgan fingerprint density at radius 2 is 1.66 bits per heavy atom. The van der Waals surface area contributed by atoms with Gasteiger partial charge in [-0.05, 0) is 68.7 Å². The molecular formula is C24H28F3N3O2. The van der Waals surface area contributed by atoms with Gasteiger partial charge in [-0.3, -0.25) is 4.90 Å². The van der Waals surface area contributed by atoms with Crippen molar-refractivity contribution in [2.75, 3.05) is 25.0 Å². The molecule has 0 aliphatic carbocycles. The lowest BCUT2D eigenvalue weighted by molar-refractivity contribution is -0.137. The van der Waals surface area contributed by atoms with E-state index in [9.17, 15) is 23.1 Å². The fourth-order valence-electron chi connectivity index (χ4n) is 4.99. The fraction of sp³-hybridized carbons (Fsp3) is 0.458. The van der Waals surface area contributed by atoms with Crippen molar-refractivity contribution in [3.05, 3.63) is 59.7 Å². The van der Waals surface area contributed by atoms with Crippen LogP contribution in [0.15, 0.2) is 48.5 Å². The predicted molar refractivity (Wildman–Crippen MR) is 116 cm³/mol. The molecule has 2 aromatic carbocycles. The van der Waals surface area contributed by atoms with Gasteiger partial charge in [0.15, 0.2) is 0 Å². The van der Waals surface area contributed by atoms with Gasteiger partial charge < -0.3 is 15.3 Å². The summed E-state index contributed by atoms with van der Waals surface area (Å²) in [5.41, 5.74) is 0.854. The number of nitrogens with one attached hydrogen (secondary N) is 1. The highest BCUT2D eigenvalue weighted by Gasteiger charge is 2.54. The molecule has 4 rings (SSSR count). The number of hydrogen-bond acceptors (Lipinski definition) is 3. The average molecular weight is 448 g/mol. The van der Waals surface area contributed by atoms with E-state index in [-0.39, 0.29) is 23.2 Å². The van der Waals surface area contributed by atoms with Gasteiger partial charge in [0.1, 0.15) is 5.75 Å². The minimum Gasteiger partial charge on any atom is -0.508 e. The molecular weight excluding hydrogens is 419 g/mol. The third-order valence-corrected chi connectivity index (χ3v) is 6.79. The molecule has 2 amide bonds. The molecule has 2 heterocycles. The Morgan fingerprint density at radius 1 is 1.06 bits per heavy atom. The van der Waals surface area contributed by atoms with Gasteiger partial charge >= 0.3 is 12.2 Å². The molecule has 2 aliphatic heterocycles. The first kappa shape index (κ1) is 22.5. The number of carbonyl (C=O) groups excluding carboxylic acids is 1. The summed E-state index contributed by atoms with van der Waals surface area (Å²) < 4.78 is 38.2. The van der Waals surface area contributed by atoms with Crippen LogP contribution >= 0.6 is 0 Å². The number of likely N-dealkylation sites (tertiary alicyclic amines) is 2. The largest absolute Gasteiger partial charge is 0.508 e. The molecule has 0 aromatic heterocycles. The number of halogens is 3. The van der Waals surface area contributed by atoms with Crippen LogP contribution in [0.4, 0.5) is 23.7 Å². The Morgan fingerprint density at radius 3 is 2.19 bits per heavy atom. The Labute approximate surface area is 185 Å². The summed E-state index contributed by atoms with van der Waals surface area (Å²) in [4.78, 5) is 16.9. The maximum atomic E-state index is 12.7. The minimum atomic E-state index is -4.40. The number of nitrogens with zero attached hydrogens (tertiary/aromatic N) is 2. The quantitative estimate of drug-likeness (QED) is 0.654. The van der Waals surface area contributed by atoms with E-state index in [0.29, 0.717) is 24.8 Å². The summed E-state index contributed by atoms with van der Waals surface area (Å²) in [5, 5.41) is 12.4. The second kappa shape index (κ2) is 8.31. The van der Waals surface area contributed by atoms with Gasteiger partial charge in [-0.1, -0.05) is 12.1 Å². The first-order valence-electron chi connectivity index (χ1n) is 10.9. The molecule has 1 unspecified atom stereocenters. The number of anilines is 1. The summed E-state index contributed by atoms with van der Waals surface area (Å²) in [6.45, 7) is 6.49. The van der Waals surface area contributed by atoms with Crippen molar-refractivity contribution in [2.45, 2.75) is 44.9 Å². The van der Waals surface area contributed by atoms with Gasteiger partial charge in [0, 0.05) is 42.8 Å². The van der Waals surface area contributed by atoms with Crippen LogP contribution in [0.3, 0.4) is 0 Å². The number of rotatable bonds is 3. The summed E-state index contributed by atoms with van der Waals surface area (Å²) in [7, 11) is 0. The van der Waals surface area contributed by atoms with Gasteiger partial charge in [0.2, 0.25) is 0 Å². The van der Waals surface area contributed by atoms with Crippen molar-refractivity contribution < 1.29 is 23.1 Å². The van der Waals surface area contributed by atoms with Gasteiger partial charge in [-0.25, -0.2) is 4.79 Å². The molecule has 0 saturated carbocycles. The standard InChI is InChI=1S/C24H28F3N3O2/c1-16(2)30-15-23(21(30)17-3-9-20(31)10-4-17)11-13-29(14-12-23)22(32)28-19-7-5-18(6-8-19)24(25,26)27/h3-10,16,21,31H,11-15H2,1-2H3,(H,28,32). The Balaban J connectivity index is 1.40. The molecule has 32 heavy (non-hydrogen) atoms. The zero-order chi connectivity index (χ0) is 23.1. The van der Waals surface area contributed by atoms with Gasteiger partial charge in [0.05, 0.1) is 5.56 Å². The summed E-state index contributed by atoms with van der Waals surface area (Å²) in [6, 6.07) is 12.2. The number of hydrogen-bond donors (Lipinski definition) is 2. The molecule has 2 N–H and O–H groups in total. The second-order valence-corrected chi connectivity index (χ2v) is 9.11. The van der Waals surface area contributed by atoms with E-state index < -0.39 is 11.7 Å². The van der Waals surface area contributed by atoms with Crippen molar-refractivity contribution >= 4 is 11.7 Å². The third kappa shape index (κ3) is 4.28. The lowest BCUT2D eigenvalue weighted by Gasteiger charge is -2.62. The number of carbonyl (C=O) groups is 1. The number of alkyl halides is 3. The summed E-state index contributed by atoms with van der Waals surface area (Å²) >= 11 is 0. The second-order valence-electron chi connectivity index (χ2n) is 9.11. The normalized spacial score (nSPS) is 20.9. The van der Waals surface area contributed by atoms with Crippen LogP contribution in [0, 0.1) is 5.41 Å². The molecule has 2 saturated heterocycles. The lowest BCUT2D eigenvalue weighted by atomic mass is 9.62. The molecule has 0 radical (unpaired) electrons. The molecule has 2 aromatic rings. The first-order valence-corrected chi connectivity index (χ1v) is 10.9. The molecule has 1 spiro atoms. The zero-order valence-corrected chi connectivity index (χ0v) is 18.2. The van der Waals surface area contributed by atoms with E-state index in [0.717, 1.165) is 31.5 Å². The molecule has 2 aliphatic rings. The van der Waals surface area contributed by atoms with Crippen LogP contribution in [0.2, 0.25) is 0 Å². The Kier molecular flexibility index (Phi) is 5.83. The van der Waals surface area contributed by atoms with E-state index in [2.05, 4.69) is 24.1 Å². The summed E-state index contributed by atoms with van der Waals surface area (Å²) in [5.74, 6) is 0.243. The Bertz CT molecular complexity index is 950. The van der Waals surface area contributed by atoms with E-state index in [1.165, 1.54) is 17.7 Å². The van der Waals surface area contributed by atoms with Crippen LogP contribution in [0.1, 0.15) is 43.9 Å². The zero-order valence-electron chi connectivity index (χ0n) is 18.2. The van der Waals surface area contributed by atoms with Crippen LogP contribution in [-0.2, 0) is 6.18 Å². The number of piperidine rings is 1. The molecule has 1 atom stereocenters. The predicted octanol–water partition coefficient (Wildman–Crippen LogP) is 5.49. The maximum Gasteiger partial charge on any atom is 0.416 e. The molecule has 2 fully saturated rings. The molecule has 5 nitrogen and oxygen atoms in total. The highest BCUT2D eigenvalue weighted by molar-refractivity contribution is 5.89. The van der Waals surface area contributed by atoms with Crippen molar-refractivity contribution in [3.8, 4) is 5.75 Å². The molecule has 8 heteroatoms. The van der Waals surface area contributed by atoms with Gasteiger partial charge in [-0.2, -0.15) is 13.2 Å². The number of phenols is 1. The highest BCUT2D eigenvalue weighted by Crippen LogP contribution is 2.55. The smallest absolute Gasteiger partial charge is 0.416 e. The van der Waals surface area contributed by atoms with Crippen molar-refractivity contribution in [2.24, 2.45) is 5.41 Å². The molecule has 172 valence electrons. The van der Waals surface area contributed by atoms with Crippen molar-refractivity contribution in [1.82, 2.24) is 9.80 Å². The lowest BCUT2D eigenvalue weighted by Crippen LogP contribution is -2.64. The van der Waals surface area contributed by atoms with E-state index >= 15 is 0 Å². The Hall–Kier alpha value is -2.74. The first-order chi connectivity index (χ1) is 15.1. The minimum absolute atomic E-state index is 0.0758. The average Bonchev–Trinajstić information content (AvgIpc) is 2.73. The van der Waals surface area contributed by atoms with Crippen LogP contribution in [-0.4, -0.2) is 46.6 Å². The SMILES string of the molecule is CC(C)N1CC2(CCN(C(=O)Nc3ccc(C(F)(F)F)cc3)CC2)C1c1ccc(O)cc1. The molecule has 0 bridgehead atoms. The number of aromatic hydroxyl groups is 1. The van der Waals surface area contributed by atoms with Gasteiger partial charge in [0.25, 0.3) is 0 Å². The van der Waals surface area contributed by atoms with E-state index in [1.807, 2.05) is 12.1 Å². The van der Waals surface area contributed by atoms with Crippen LogP contribution < -0.4 is 5.32 Å². The van der Waals surface area contributed by atoms with Crippen LogP contribution in [0.25, 0.3) is 0 Å². The number of benzene rings is 2. The number of urea groups is 1. The van der Waals surface area contributed by atoms with Crippen LogP contribution in [0.5, 0.6) is 5.75 Å². The number of phenolic OH excluding ortho intramolecular Hbond substituents is 1. The maximum absolute atomic E-state index is 12.7. The third-order valence-electron chi connectivity index (χ3n) is 6.79. The summed E-state index contributed by atoms with van der Waals surface area (Å²) in [6.07, 6.45) is -2.70. The van der Waals surface area contributed by atoms with E-state index in [1.54, 1.807) is 17.0 Å². The van der Waals surface area contributed by atoms with Crippen molar-refractivity contribution in [1.29, 1.82) is 0 Å². The van der Waals surface area contributed by atoms with E-state index in [4.69, 9.17) is 0 Å². The fourth-order valence-corrected chi connectivity index (χ4v) is 4.99. The van der Waals surface area contributed by atoms with Crippen molar-refractivity contribution in [3.63, 3.8) is 0 Å². The van der Waals surface area contributed by atoms with Gasteiger partial charge in [-0.15, -0.1) is 0 Å². The number of amides is 2. The topological polar surface area (TPSA) is 55.8 Å².